The molecule has 2 aromatic carbocycles. The van der Waals surface area contributed by atoms with E-state index in [1.807, 2.05) is 48.2 Å². The van der Waals surface area contributed by atoms with E-state index in [4.69, 9.17) is 0 Å². The fraction of sp³-hybridized carbons (Fsp3) is 0.190. The lowest BCUT2D eigenvalue weighted by molar-refractivity contribution is 0.0728. The van der Waals surface area contributed by atoms with E-state index in [9.17, 15) is 4.79 Å². The predicted molar refractivity (Wildman–Crippen MR) is 101 cm³/mol. The van der Waals surface area contributed by atoms with E-state index in [2.05, 4.69) is 27.4 Å². The van der Waals surface area contributed by atoms with Crippen molar-refractivity contribution in [1.29, 1.82) is 0 Å². The lowest BCUT2D eigenvalue weighted by Gasteiger charge is -2.28. The average Bonchev–Trinajstić information content (AvgIpc) is 2.69. The summed E-state index contributed by atoms with van der Waals surface area (Å²) in [6.45, 7) is 3.36. The molecule has 1 N–H and O–H groups in total. The van der Waals surface area contributed by atoms with E-state index >= 15 is 0 Å². The maximum Gasteiger partial charge on any atom is 0.272 e. The van der Waals surface area contributed by atoms with Crippen LogP contribution in [0.15, 0.2) is 60.9 Å². The van der Waals surface area contributed by atoms with E-state index in [0.29, 0.717) is 24.6 Å². The molecule has 0 saturated carbocycles. The molecule has 0 bridgehead atoms. The van der Waals surface area contributed by atoms with Crippen LogP contribution in [0.5, 0.6) is 0 Å². The number of nitrogens with zero attached hydrogens (tertiary/aromatic N) is 3. The van der Waals surface area contributed by atoms with Gasteiger partial charge in [-0.15, -0.1) is 0 Å². The van der Waals surface area contributed by atoms with Crippen LogP contribution < -0.4 is 5.32 Å². The molecule has 0 spiro atoms. The van der Waals surface area contributed by atoms with Crippen LogP contribution in [0.25, 0.3) is 0 Å². The molecule has 0 radical (unpaired) electrons. The second-order valence-corrected chi connectivity index (χ2v) is 6.47. The minimum atomic E-state index is -0.0604. The Morgan fingerprint density at radius 3 is 2.65 bits per heavy atom. The van der Waals surface area contributed by atoms with Crippen molar-refractivity contribution in [1.82, 2.24) is 14.9 Å². The van der Waals surface area contributed by atoms with Gasteiger partial charge in [0.05, 0.1) is 0 Å². The predicted octanol–water partition coefficient (Wildman–Crippen LogP) is 3.73. The molecule has 2 heterocycles. The molecule has 5 nitrogen and oxygen atoms in total. The van der Waals surface area contributed by atoms with Crippen LogP contribution in [0.3, 0.4) is 0 Å². The van der Waals surface area contributed by atoms with Crippen LogP contribution in [-0.2, 0) is 13.0 Å². The number of amides is 1. The number of aromatic nitrogens is 2. The Morgan fingerprint density at radius 2 is 1.81 bits per heavy atom. The van der Waals surface area contributed by atoms with Gasteiger partial charge in [0.25, 0.3) is 5.91 Å². The minimum Gasteiger partial charge on any atom is -0.340 e. The molecular formula is C21H20N4O. The van der Waals surface area contributed by atoms with Crippen molar-refractivity contribution in [2.75, 3.05) is 11.9 Å². The fourth-order valence-corrected chi connectivity index (χ4v) is 3.22. The van der Waals surface area contributed by atoms with Gasteiger partial charge in [-0.3, -0.25) is 4.79 Å². The number of hydrogen-bond donors (Lipinski definition) is 1. The lowest BCUT2D eigenvalue weighted by atomic mass is 10.00. The van der Waals surface area contributed by atoms with E-state index < -0.39 is 0 Å². The van der Waals surface area contributed by atoms with Gasteiger partial charge < -0.3 is 10.2 Å². The van der Waals surface area contributed by atoms with Gasteiger partial charge >= 0.3 is 0 Å². The van der Waals surface area contributed by atoms with Crippen LogP contribution in [0.1, 0.15) is 27.2 Å². The molecule has 130 valence electrons. The number of para-hydroxylation sites is 1. The first-order chi connectivity index (χ1) is 12.7. The summed E-state index contributed by atoms with van der Waals surface area (Å²) in [5.74, 6) is 0.560. The molecule has 26 heavy (non-hydrogen) atoms. The fourth-order valence-electron chi connectivity index (χ4n) is 3.22. The number of carbonyl (C=O) groups excluding carboxylic acids is 1. The summed E-state index contributed by atoms with van der Waals surface area (Å²) in [6, 6.07) is 18.0. The maximum absolute atomic E-state index is 12.9. The minimum absolute atomic E-state index is 0.0604. The highest BCUT2D eigenvalue weighted by Gasteiger charge is 2.22. The van der Waals surface area contributed by atoms with Gasteiger partial charge in [0.2, 0.25) is 0 Å². The summed E-state index contributed by atoms with van der Waals surface area (Å²) in [5, 5.41) is 3.26. The Labute approximate surface area is 152 Å². The molecule has 0 atom stereocenters. The first kappa shape index (κ1) is 16.3. The second kappa shape index (κ2) is 6.96. The van der Waals surface area contributed by atoms with Crippen molar-refractivity contribution in [3.8, 4) is 0 Å². The van der Waals surface area contributed by atoms with Crippen LogP contribution in [0.2, 0.25) is 0 Å². The zero-order chi connectivity index (χ0) is 17.9. The molecule has 1 aliphatic heterocycles. The first-order valence-electron chi connectivity index (χ1n) is 8.71. The smallest absolute Gasteiger partial charge is 0.272 e. The summed E-state index contributed by atoms with van der Waals surface area (Å²) in [4.78, 5) is 23.2. The summed E-state index contributed by atoms with van der Waals surface area (Å²) in [6.07, 6.45) is 2.31. The highest BCUT2D eigenvalue weighted by molar-refractivity contribution is 5.93. The molecule has 0 fully saturated rings. The quantitative estimate of drug-likeness (QED) is 0.786. The van der Waals surface area contributed by atoms with Crippen molar-refractivity contribution in [3.63, 3.8) is 0 Å². The number of hydrogen-bond acceptors (Lipinski definition) is 4. The lowest BCUT2D eigenvalue weighted by Crippen LogP contribution is -2.36. The van der Waals surface area contributed by atoms with Crippen LogP contribution in [-0.4, -0.2) is 27.3 Å². The topological polar surface area (TPSA) is 58.1 Å². The van der Waals surface area contributed by atoms with Gasteiger partial charge in [0.15, 0.2) is 0 Å². The molecule has 5 heteroatoms. The normalized spacial score (nSPS) is 13.2. The van der Waals surface area contributed by atoms with Crippen molar-refractivity contribution >= 4 is 17.4 Å². The first-order valence-corrected chi connectivity index (χ1v) is 8.71. The molecule has 0 unspecified atom stereocenters. The van der Waals surface area contributed by atoms with E-state index in [1.54, 1.807) is 6.07 Å². The number of fused-ring (bicyclic) bond motifs is 1. The number of rotatable bonds is 3. The molecule has 3 aromatic rings. The Hall–Kier alpha value is -3.21. The third-order valence-electron chi connectivity index (χ3n) is 4.71. The molecular weight excluding hydrogens is 324 g/mol. The number of carbonyl (C=O) groups is 1. The molecule has 1 aliphatic rings. The van der Waals surface area contributed by atoms with Gasteiger partial charge in [-0.25, -0.2) is 9.97 Å². The summed E-state index contributed by atoms with van der Waals surface area (Å²) in [7, 11) is 0. The second-order valence-electron chi connectivity index (χ2n) is 6.47. The SMILES string of the molecule is Cc1ccccc1Nc1cc(C(=O)N2CCc3ccccc3C2)ncn1. The monoisotopic (exact) mass is 344 g/mol. The summed E-state index contributed by atoms with van der Waals surface area (Å²) >= 11 is 0. The Balaban J connectivity index is 1.53. The third-order valence-corrected chi connectivity index (χ3v) is 4.71. The Bertz CT molecular complexity index is 954. The highest BCUT2D eigenvalue weighted by Crippen LogP contribution is 2.22. The standard InChI is InChI=1S/C21H20N4O/c1-15-6-2-5-9-18(15)24-20-12-19(22-14-23-20)21(26)25-11-10-16-7-3-4-8-17(16)13-25/h2-9,12,14H,10-11,13H2,1H3,(H,22,23,24). The van der Waals surface area contributed by atoms with Gasteiger partial charge in [0, 0.05) is 24.8 Å². The van der Waals surface area contributed by atoms with E-state index in [1.165, 1.54) is 17.5 Å². The van der Waals surface area contributed by atoms with Crippen molar-refractivity contribution < 1.29 is 4.79 Å². The van der Waals surface area contributed by atoms with Gasteiger partial charge in [-0.2, -0.15) is 0 Å². The number of nitrogens with one attached hydrogen (secondary N) is 1. The summed E-state index contributed by atoms with van der Waals surface area (Å²) in [5.41, 5.74) is 5.03. The van der Waals surface area contributed by atoms with Gasteiger partial charge in [-0.1, -0.05) is 42.5 Å². The van der Waals surface area contributed by atoms with Gasteiger partial charge in [0.1, 0.15) is 17.8 Å². The van der Waals surface area contributed by atoms with Crippen LogP contribution in [0.4, 0.5) is 11.5 Å². The third kappa shape index (κ3) is 3.28. The molecule has 0 aliphatic carbocycles. The Morgan fingerprint density at radius 1 is 1.04 bits per heavy atom. The van der Waals surface area contributed by atoms with Crippen LogP contribution >= 0.6 is 0 Å². The van der Waals surface area contributed by atoms with Gasteiger partial charge in [-0.05, 0) is 36.1 Å². The largest absolute Gasteiger partial charge is 0.340 e. The van der Waals surface area contributed by atoms with E-state index in [0.717, 1.165) is 17.7 Å². The molecule has 1 aromatic heterocycles. The number of anilines is 2. The van der Waals surface area contributed by atoms with E-state index in [-0.39, 0.29) is 5.91 Å². The van der Waals surface area contributed by atoms with Crippen LogP contribution in [0, 0.1) is 6.92 Å². The average molecular weight is 344 g/mol. The highest BCUT2D eigenvalue weighted by atomic mass is 16.2. The molecule has 4 rings (SSSR count). The number of aryl methyl sites for hydroxylation is 1. The zero-order valence-corrected chi connectivity index (χ0v) is 14.6. The zero-order valence-electron chi connectivity index (χ0n) is 14.6. The molecule has 0 saturated heterocycles. The molecule has 1 amide bonds. The van der Waals surface area contributed by atoms with Crippen molar-refractivity contribution in [3.05, 3.63) is 83.3 Å². The summed E-state index contributed by atoms with van der Waals surface area (Å²) < 4.78 is 0. The maximum atomic E-state index is 12.9. The van der Waals surface area contributed by atoms with Crippen molar-refractivity contribution in [2.45, 2.75) is 19.9 Å². The van der Waals surface area contributed by atoms with Crippen molar-refractivity contribution in [2.24, 2.45) is 0 Å². The Kier molecular flexibility index (Phi) is 4.35. The number of benzene rings is 2.